The zero-order valence-electron chi connectivity index (χ0n) is 13.9. The maximum Gasteiger partial charge on any atom is 0.251 e. The predicted molar refractivity (Wildman–Crippen MR) is 94.7 cm³/mol. The Morgan fingerprint density at radius 3 is 2.80 bits per heavy atom. The van der Waals surface area contributed by atoms with Gasteiger partial charge in [0.2, 0.25) is 5.95 Å². The van der Waals surface area contributed by atoms with Gasteiger partial charge in [-0.2, -0.15) is 0 Å². The van der Waals surface area contributed by atoms with Crippen LogP contribution in [0.25, 0.3) is 11.0 Å². The van der Waals surface area contributed by atoms with E-state index in [9.17, 15) is 9.18 Å². The van der Waals surface area contributed by atoms with Crippen LogP contribution >= 0.6 is 0 Å². The molecule has 2 heterocycles. The quantitative estimate of drug-likeness (QED) is 0.755. The molecule has 1 amide bonds. The Bertz CT molecular complexity index is 1020. The van der Waals surface area contributed by atoms with E-state index in [2.05, 4.69) is 15.6 Å². The SMILES string of the molecule is CNC(=O)C1=C(C)Nc2nc3ccccc3n2[C@@H]1c1cccc(F)c1. The third-order valence-electron chi connectivity index (χ3n) is 4.47. The van der Waals surface area contributed by atoms with Gasteiger partial charge in [0.1, 0.15) is 5.82 Å². The molecule has 25 heavy (non-hydrogen) atoms. The third kappa shape index (κ3) is 2.38. The molecule has 0 radical (unpaired) electrons. The van der Waals surface area contributed by atoms with Crippen LogP contribution in [0, 0.1) is 5.82 Å². The summed E-state index contributed by atoms with van der Waals surface area (Å²) in [5, 5.41) is 5.89. The third-order valence-corrected chi connectivity index (χ3v) is 4.47. The standard InChI is InChI=1S/C19H17FN4O/c1-11-16(18(25)21-2)17(12-6-5-7-13(20)10-12)24-15-9-4-3-8-14(15)23-19(24)22-11/h3-10,17H,1-2H3,(H,21,25)(H,22,23)/t17-/m1/s1. The van der Waals surface area contributed by atoms with Gasteiger partial charge in [-0.1, -0.05) is 24.3 Å². The summed E-state index contributed by atoms with van der Waals surface area (Å²) in [6.45, 7) is 1.83. The number of nitrogens with zero attached hydrogens (tertiary/aromatic N) is 2. The summed E-state index contributed by atoms with van der Waals surface area (Å²) in [4.78, 5) is 17.2. The molecule has 1 aliphatic rings. The molecule has 126 valence electrons. The number of halogens is 1. The number of nitrogens with one attached hydrogen (secondary N) is 2. The molecule has 5 nitrogen and oxygen atoms in total. The van der Waals surface area contributed by atoms with Crippen molar-refractivity contribution in [3.05, 3.63) is 71.2 Å². The molecule has 1 aromatic heterocycles. The molecule has 2 aromatic carbocycles. The zero-order chi connectivity index (χ0) is 17.6. The van der Waals surface area contributed by atoms with Gasteiger partial charge in [-0.25, -0.2) is 9.37 Å². The number of likely N-dealkylation sites (N-methyl/N-ethyl adjacent to an activating group) is 1. The first kappa shape index (κ1) is 15.4. The summed E-state index contributed by atoms with van der Waals surface area (Å²) in [6, 6.07) is 13.6. The number of carbonyl (C=O) groups is 1. The molecule has 2 N–H and O–H groups in total. The molecule has 0 saturated heterocycles. The van der Waals surface area contributed by atoms with Gasteiger partial charge in [0, 0.05) is 12.7 Å². The van der Waals surface area contributed by atoms with E-state index in [-0.39, 0.29) is 11.7 Å². The predicted octanol–water partition coefficient (Wildman–Crippen LogP) is 3.21. The lowest BCUT2D eigenvalue weighted by Gasteiger charge is -2.30. The van der Waals surface area contributed by atoms with Gasteiger partial charge in [0.25, 0.3) is 5.91 Å². The molecule has 0 aliphatic carbocycles. The maximum absolute atomic E-state index is 13.9. The van der Waals surface area contributed by atoms with E-state index in [1.807, 2.05) is 41.8 Å². The van der Waals surface area contributed by atoms with Gasteiger partial charge >= 0.3 is 0 Å². The molecule has 3 aromatic rings. The average molecular weight is 336 g/mol. The van der Waals surface area contributed by atoms with Crippen molar-refractivity contribution in [1.29, 1.82) is 0 Å². The van der Waals surface area contributed by atoms with Crippen molar-refractivity contribution in [3.63, 3.8) is 0 Å². The Kier molecular flexibility index (Phi) is 3.53. The monoisotopic (exact) mass is 336 g/mol. The minimum Gasteiger partial charge on any atom is -0.355 e. The fourth-order valence-corrected chi connectivity index (χ4v) is 3.38. The summed E-state index contributed by atoms with van der Waals surface area (Å²) in [5.74, 6) is 0.0965. The minimum atomic E-state index is -0.459. The lowest BCUT2D eigenvalue weighted by molar-refractivity contribution is -0.117. The highest BCUT2D eigenvalue weighted by atomic mass is 19.1. The zero-order valence-corrected chi connectivity index (χ0v) is 13.9. The number of carbonyl (C=O) groups excluding carboxylic acids is 1. The first-order valence-electron chi connectivity index (χ1n) is 8.02. The number of hydrogen-bond acceptors (Lipinski definition) is 3. The van der Waals surface area contributed by atoms with Crippen LogP contribution in [-0.4, -0.2) is 22.5 Å². The largest absolute Gasteiger partial charge is 0.355 e. The van der Waals surface area contributed by atoms with Crippen molar-refractivity contribution >= 4 is 22.9 Å². The Morgan fingerprint density at radius 2 is 2.04 bits per heavy atom. The number of para-hydroxylation sites is 2. The van der Waals surface area contributed by atoms with Crippen LogP contribution in [-0.2, 0) is 4.79 Å². The minimum absolute atomic E-state index is 0.206. The molecular formula is C19H17FN4O. The second-order valence-electron chi connectivity index (χ2n) is 5.99. The van der Waals surface area contributed by atoms with Crippen molar-refractivity contribution in [2.45, 2.75) is 13.0 Å². The van der Waals surface area contributed by atoms with Gasteiger partial charge in [-0.05, 0) is 36.8 Å². The number of fused-ring (bicyclic) bond motifs is 3. The molecule has 0 unspecified atom stereocenters. The number of aromatic nitrogens is 2. The molecule has 0 fully saturated rings. The average Bonchev–Trinajstić information content (AvgIpc) is 2.97. The lowest BCUT2D eigenvalue weighted by Crippen LogP contribution is -2.33. The van der Waals surface area contributed by atoms with E-state index < -0.39 is 6.04 Å². The highest BCUT2D eigenvalue weighted by molar-refractivity contribution is 5.97. The number of benzene rings is 2. The highest BCUT2D eigenvalue weighted by Crippen LogP contribution is 2.39. The second-order valence-corrected chi connectivity index (χ2v) is 5.99. The highest BCUT2D eigenvalue weighted by Gasteiger charge is 2.33. The van der Waals surface area contributed by atoms with E-state index in [4.69, 9.17) is 0 Å². The first-order valence-corrected chi connectivity index (χ1v) is 8.02. The molecule has 4 rings (SSSR count). The Morgan fingerprint density at radius 1 is 1.24 bits per heavy atom. The second kappa shape index (κ2) is 5.73. The maximum atomic E-state index is 13.9. The van der Waals surface area contributed by atoms with Crippen molar-refractivity contribution in [2.75, 3.05) is 12.4 Å². The van der Waals surface area contributed by atoms with Crippen LogP contribution in [0.1, 0.15) is 18.5 Å². The Balaban J connectivity index is 2.03. The molecule has 1 aliphatic heterocycles. The molecule has 0 saturated carbocycles. The first-order chi connectivity index (χ1) is 12.1. The summed E-state index contributed by atoms with van der Waals surface area (Å²) >= 11 is 0. The molecule has 0 bridgehead atoms. The molecular weight excluding hydrogens is 319 g/mol. The smallest absolute Gasteiger partial charge is 0.251 e. The van der Waals surface area contributed by atoms with Gasteiger partial charge in [0.15, 0.2) is 0 Å². The van der Waals surface area contributed by atoms with Gasteiger partial charge in [-0.3, -0.25) is 9.36 Å². The van der Waals surface area contributed by atoms with Gasteiger partial charge in [0.05, 0.1) is 22.6 Å². The van der Waals surface area contributed by atoms with Gasteiger partial charge < -0.3 is 10.6 Å². The number of amides is 1. The number of anilines is 1. The summed E-state index contributed by atoms with van der Waals surface area (Å²) in [7, 11) is 1.59. The van der Waals surface area contributed by atoms with Crippen LogP contribution in [0.3, 0.4) is 0 Å². The van der Waals surface area contributed by atoms with Crippen LogP contribution in [0.5, 0.6) is 0 Å². The van der Waals surface area contributed by atoms with E-state index in [1.165, 1.54) is 12.1 Å². The molecule has 0 spiro atoms. The van der Waals surface area contributed by atoms with Crippen molar-refractivity contribution in [2.24, 2.45) is 0 Å². The fourth-order valence-electron chi connectivity index (χ4n) is 3.38. The topological polar surface area (TPSA) is 59.0 Å². The number of allylic oxidation sites excluding steroid dienone is 1. The Hall–Kier alpha value is -3.15. The van der Waals surface area contributed by atoms with Crippen molar-refractivity contribution < 1.29 is 9.18 Å². The lowest BCUT2D eigenvalue weighted by atomic mass is 9.94. The number of hydrogen-bond donors (Lipinski definition) is 2. The summed E-state index contributed by atoms with van der Waals surface area (Å²) < 4.78 is 15.8. The fraction of sp³-hybridized carbons (Fsp3) is 0.158. The molecule has 1 atom stereocenters. The van der Waals surface area contributed by atoms with Crippen molar-refractivity contribution in [3.8, 4) is 0 Å². The van der Waals surface area contributed by atoms with Crippen LogP contribution < -0.4 is 10.6 Å². The normalized spacial score (nSPS) is 16.5. The summed E-state index contributed by atoms with van der Waals surface area (Å²) in [5.41, 5.74) is 3.65. The summed E-state index contributed by atoms with van der Waals surface area (Å²) in [6.07, 6.45) is 0. The van der Waals surface area contributed by atoms with E-state index in [0.29, 0.717) is 22.8 Å². The van der Waals surface area contributed by atoms with Crippen LogP contribution in [0.15, 0.2) is 59.8 Å². The number of rotatable bonds is 2. The number of imidazole rings is 1. The van der Waals surface area contributed by atoms with E-state index in [1.54, 1.807) is 13.1 Å². The van der Waals surface area contributed by atoms with Crippen molar-refractivity contribution in [1.82, 2.24) is 14.9 Å². The van der Waals surface area contributed by atoms with Gasteiger partial charge in [-0.15, -0.1) is 0 Å². The van der Waals surface area contributed by atoms with E-state index in [0.717, 1.165) is 11.0 Å². The van der Waals surface area contributed by atoms with Crippen LogP contribution in [0.2, 0.25) is 0 Å². The van der Waals surface area contributed by atoms with Crippen LogP contribution in [0.4, 0.5) is 10.3 Å². The van der Waals surface area contributed by atoms with E-state index >= 15 is 0 Å². The molecule has 6 heteroatoms. The Labute approximate surface area is 144 Å².